The van der Waals surface area contributed by atoms with Gasteiger partial charge < -0.3 is 15.3 Å². The summed E-state index contributed by atoms with van der Waals surface area (Å²) in [6.07, 6.45) is 0. The molecule has 0 saturated carbocycles. The summed E-state index contributed by atoms with van der Waals surface area (Å²) in [4.78, 5) is 14.3. The van der Waals surface area contributed by atoms with Crippen LogP contribution in [-0.2, 0) is 4.79 Å². The summed E-state index contributed by atoms with van der Waals surface area (Å²) in [5, 5.41) is 0. The van der Waals surface area contributed by atoms with Crippen LogP contribution in [0.2, 0.25) is 0 Å². The van der Waals surface area contributed by atoms with E-state index in [9.17, 15) is 4.79 Å². The fourth-order valence-corrected chi connectivity index (χ4v) is 2.11. The van der Waals surface area contributed by atoms with Crippen LogP contribution >= 0.6 is 12.2 Å². The molecule has 0 aliphatic heterocycles. The molecule has 1 aromatic carbocycles. The Hall–Kier alpha value is -1.62. The molecule has 3 N–H and O–H groups in total. The maximum absolute atomic E-state index is 11.2. The summed E-state index contributed by atoms with van der Waals surface area (Å²) in [6.45, 7) is 3.74. The van der Waals surface area contributed by atoms with Crippen LogP contribution < -0.4 is 5.73 Å². The molecule has 2 aromatic rings. The standard InChI is InChI=1S/C11H13N3OS/c1-6-3-4-8-9(5-6)14(11(16)13-8)7(2)10(12)15/h3-5,7H,1-2H3,(H2,12,15)(H,13,16). The minimum absolute atomic E-state index is 0.390. The number of aromatic nitrogens is 2. The average Bonchev–Trinajstić information content (AvgIpc) is 2.52. The molecule has 5 heteroatoms. The Bertz CT molecular complexity index is 611. The molecule has 0 bridgehead atoms. The maximum atomic E-state index is 11.2. The van der Waals surface area contributed by atoms with Gasteiger partial charge >= 0.3 is 0 Å². The summed E-state index contributed by atoms with van der Waals surface area (Å²) in [6, 6.07) is 5.49. The van der Waals surface area contributed by atoms with Gasteiger partial charge in [0, 0.05) is 0 Å². The molecule has 1 atom stereocenters. The normalized spacial score (nSPS) is 12.9. The third-order valence-electron chi connectivity index (χ3n) is 2.67. The number of benzene rings is 1. The van der Waals surface area contributed by atoms with Crippen molar-refractivity contribution in [2.24, 2.45) is 5.73 Å². The van der Waals surface area contributed by atoms with Crippen LogP contribution in [0.15, 0.2) is 18.2 Å². The lowest BCUT2D eigenvalue weighted by Crippen LogP contribution is -2.23. The van der Waals surface area contributed by atoms with Gasteiger partial charge in [-0.05, 0) is 43.8 Å². The summed E-state index contributed by atoms with van der Waals surface area (Å²) in [7, 11) is 0. The summed E-state index contributed by atoms with van der Waals surface area (Å²) < 4.78 is 2.27. The smallest absolute Gasteiger partial charge is 0.240 e. The monoisotopic (exact) mass is 235 g/mol. The van der Waals surface area contributed by atoms with Gasteiger partial charge in [0.1, 0.15) is 6.04 Å². The molecule has 0 aliphatic rings. The summed E-state index contributed by atoms with van der Waals surface area (Å²) >= 11 is 5.19. The first-order chi connectivity index (χ1) is 7.50. The number of amides is 1. The number of nitrogens with two attached hydrogens (primary N) is 1. The molecule has 0 fully saturated rings. The van der Waals surface area contributed by atoms with Crippen LogP contribution in [0, 0.1) is 11.7 Å². The Balaban J connectivity index is 2.77. The second-order valence-electron chi connectivity index (χ2n) is 3.90. The quantitative estimate of drug-likeness (QED) is 0.782. The second-order valence-corrected chi connectivity index (χ2v) is 4.29. The van der Waals surface area contributed by atoms with Crippen molar-refractivity contribution in [3.8, 4) is 0 Å². The van der Waals surface area contributed by atoms with Gasteiger partial charge in [-0.1, -0.05) is 6.07 Å². The Morgan fingerprint density at radius 3 is 2.88 bits per heavy atom. The number of rotatable bonds is 2. The van der Waals surface area contributed by atoms with Crippen molar-refractivity contribution in [2.75, 3.05) is 0 Å². The predicted molar refractivity (Wildman–Crippen MR) is 65.8 cm³/mol. The number of carbonyl (C=O) groups is 1. The largest absolute Gasteiger partial charge is 0.368 e. The van der Waals surface area contributed by atoms with E-state index in [0.717, 1.165) is 16.6 Å². The van der Waals surface area contributed by atoms with Gasteiger partial charge in [-0.3, -0.25) is 4.79 Å². The zero-order chi connectivity index (χ0) is 11.9. The lowest BCUT2D eigenvalue weighted by Gasteiger charge is -2.10. The highest BCUT2D eigenvalue weighted by atomic mass is 32.1. The van der Waals surface area contributed by atoms with E-state index in [1.807, 2.05) is 25.1 Å². The fraction of sp³-hybridized carbons (Fsp3) is 0.273. The average molecular weight is 235 g/mol. The van der Waals surface area contributed by atoms with E-state index >= 15 is 0 Å². The zero-order valence-corrected chi connectivity index (χ0v) is 9.97. The van der Waals surface area contributed by atoms with Crippen molar-refractivity contribution in [3.63, 3.8) is 0 Å². The number of nitrogens with zero attached hydrogens (tertiary/aromatic N) is 1. The molecule has 16 heavy (non-hydrogen) atoms. The Kier molecular flexibility index (Phi) is 2.55. The van der Waals surface area contributed by atoms with Crippen molar-refractivity contribution in [1.82, 2.24) is 9.55 Å². The number of carbonyl (C=O) groups excluding carboxylic acids is 1. The number of aryl methyl sites for hydroxylation is 1. The SMILES string of the molecule is Cc1ccc2[nH]c(=S)n(C(C)C(N)=O)c2c1. The first kappa shape index (κ1) is 10.9. The number of fused-ring (bicyclic) bond motifs is 1. The van der Waals surface area contributed by atoms with Gasteiger partial charge in [0.05, 0.1) is 11.0 Å². The molecule has 1 heterocycles. The third-order valence-corrected chi connectivity index (χ3v) is 2.97. The van der Waals surface area contributed by atoms with Crippen LogP contribution in [0.1, 0.15) is 18.5 Å². The molecule has 4 nitrogen and oxygen atoms in total. The molecular weight excluding hydrogens is 222 g/mol. The number of imidazole rings is 1. The molecular formula is C11H13N3OS. The molecule has 1 unspecified atom stereocenters. The van der Waals surface area contributed by atoms with Crippen molar-refractivity contribution in [1.29, 1.82) is 0 Å². The van der Waals surface area contributed by atoms with Gasteiger partial charge in [-0.2, -0.15) is 0 Å². The molecule has 84 valence electrons. The van der Waals surface area contributed by atoms with Crippen LogP contribution in [0.25, 0.3) is 11.0 Å². The maximum Gasteiger partial charge on any atom is 0.240 e. The van der Waals surface area contributed by atoms with E-state index in [-0.39, 0.29) is 0 Å². The van der Waals surface area contributed by atoms with E-state index in [2.05, 4.69) is 4.98 Å². The van der Waals surface area contributed by atoms with Crippen molar-refractivity contribution < 1.29 is 4.79 Å². The molecule has 0 saturated heterocycles. The van der Waals surface area contributed by atoms with E-state index in [0.29, 0.717) is 4.77 Å². The molecule has 0 aliphatic carbocycles. The van der Waals surface area contributed by atoms with Gasteiger partial charge in [0.25, 0.3) is 0 Å². The van der Waals surface area contributed by atoms with Crippen LogP contribution in [0.4, 0.5) is 0 Å². The highest BCUT2D eigenvalue weighted by molar-refractivity contribution is 7.71. The Morgan fingerprint density at radius 2 is 2.25 bits per heavy atom. The van der Waals surface area contributed by atoms with Gasteiger partial charge in [-0.25, -0.2) is 0 Å². The predicted octanol–water partition coefficient (Wildman–Crippen LogP) is 2.05. The number of hydrogen-bond acceptors (Lipinski definition) is 2. The van der Waals surface area contributed by atoms with E-state index in [4.69, 9.17) is 18.0 Å². The van der Waals surface area contributed by atoms with E-state index in [1.54, 1.807) is 11.5 Å². The van der Waals surface area contributed by atoms with Crippen molar-refractivity contribution >= 4 is 29.2 Å². The summed E-state index contributed by atoms with van der Waals surface area (Å²) in [5.74, 6) is -0.390. The number of H-pyrrole nitrogens is 1. The van der Waals surface area contributed by atoms with Gasteiger partial charge in [-0.15, -0.1) is 0 Å². The van der Waals surface area contributed by atoms with E-state index in [1.165, 1.54) is 0 Å². The molecule has 1 amide bonds. The van der Waals surface area contributed by atoms with Crippen LogP contribution in [0.3, 0.4) is 0 Å². The number of primary amides is 1. The Labute approximate surface area is 98.1 Å². The molecule has 0 radical (unpaired) electrons. The van der Waals surface area contributed by atoms with Crippen molar-refractivity contribution in [3.05, 3.63) is 28.5 Å². The topological polar surface area (TPSA) is 63.8 Å². The minimum atomic E-state index is -0.442. The lowest BCUT2D eigenvalue weighted by molar-refractivity contribution is -0.120. The number of aromatic amines is 1. The first-order valence-corrected chi connectivity index (χ1v) is 5.41. The lowest BCUT2D eigenvalue weighted by atomic mass is 10.2. The number of nitrogens with one attached hydrogen (secondary N) is 1. The molecule has 1 aromatic heterocycles. The minimum Gasteiger partial charge on any atom is -0.368 e. The zero-order valence-electron chi connectivity index (χ0n) is 9.15. The van der Waals surface area contributed by atoms with Crippen LogP contribution in [0.5, 0.6) is 0 Å². The highest BCUT2D eigenvalue weighted by Gasteiger charge is 2.15. The van der Waals surface area contributed by atoms with E-state index < -0.39 is 11.9 Å². The van der Waals surface area contributed by atoms with Gasteiger partial charge in [0.2, 0.25) is 5.91 Å². The Morgan fingerprint density at radius 1 is 1.56 bits per heavy atom. The number of hydrogen-bond donors (Lipinski definition) is 2. The summed E-state index contributed by atoms with van der Waals surface area (Å²) in [5.41, 5.74) is 8.26. The van der Waals surface area contributed by atoms with Crippen molar-refractivity contribution in [2.45, 2.75) is 19.9 Å². The highest BCUT2D eigenvalue weighted by Crippen LogP contribution is 2.20. The molecule has 2 rings (SSSR count). The second kappa shape index (κ2) is 3.75. The third kappa shape index (κ3) is 1.63. The van der Waals surface area contributed by atoms with Gasteiger partial charge in [0.15, 0.2) is 4.77 Å². The van der Waals surface area contributed by atoms with Crippen LogP contribution in [-0.4, -0.2) is 15.5 Å². The fourth-order valence-electron chi connectivity index (χ4n) is 1.74. The first-order valence-electron chi connectivity index (χ1n) is 5.01. The molecule has 0 spiro atoms.